The second-order valence-corrected chi connectivity index (χ2v) is 7.78. The molecule has 0 saturated carbocycles. The summed E-state index contributed by atoms with van der Waals surface area (Å²) >= 11 is 1.68. The van der Waals surface area contributed by atoms with Crippen LogP contribution in [0.15, 0.2) is 54.0 Å². The summed E-state index contributed by atoms with van der Waals surface area (Å²) in [7, 11) is 0. The highest BCUT2D eigenvalue weighted by Gasteiger charge is 2.22. The summed E-state index contributed by atoms with van der Waals surface area (Å²) in [6.45, 7) is 5.88. The first kappa shape index (κ1) is 18.6. The highest BCUT2D eigenvalue weighted by molar-refractivity contribution is 7.13. The van der Waals surface area contributed by atoms with Gasteiger partial charge in [-0.1, -0.05) is 36.4 Å². The monoisotopic (exact) mass is 393 g/mol. The van der Waals surface area contributed by atoms with Crippen molar-refractivity contribution in [1.29, 1.82) is 0 Å². The molecule has 0 bridgehead atoms. The maximum atomic E-state index is 12.4. The van der Waals surface area contributed by atoms with E-state index in [-0.39, 0.29) is 6.03 Å². The van der Waals surface area contributed by atoms with Crippen molar-refractivity contribution in [2.75, 3.05) is 31.5 Å². The Labute approximate surface area is 168 Å². The molecule has 1 aliphatic rings. The number of pyridine rings is 1. The van der Waals surface area contributed by atoms with Crippen LogP contribution >= 0.6 is 11.3 Å². The Kier molecular flexibility index (Phi) is 5.64. The van der Waals surface area contributed by atoms with Gasteiger partial charge in [0.25, 0.3) is 0 Å². The molecule has 0 spiro atoms. The van der Waals surface area contributed by atoms with Crippen LogP contribution in [-0.4, -0.2) is 52.0 Å². The number of carbonyl (C=O) groups excluding carboxylic acids is 1. The summed E-state index contributed by atoms with van der Waals surface area (Å²) in [5.41, 5.74) is 3.32. The Bertz CT molecular complexity index is 917. The van der Waals surface area contributed by atoms with Crippen molar-refractivity contribution in [2.45, 2.75) is 13.5 Å². The number of rotatable bonds is 4. The van der Waals surface area contributed by atoms with Crippen LogP contribution < -0.4 is 5.32 Å². The minimum atomic E-state index is -0.0870. The maximum absolute atomic E-state index is 12.4. The molecule has 1 aliphatic heterocycles. The molecule has 1 N–H and O–H groups in total. The van der Waals surface area contributed by atoms with Crippen LogP contribution in [0.5, 0.6) is 0 Å². The van der Waals surface area contributed by atoms with Gasteiger partial charge < -0.3 is 4.90 Å². The molecule has 7 heteroatoms. The van der Waals surface area contributed by atoms with Gasteiger partial charge in [0.05, 0.1) is 5.69 Å². The third kappa shape index (κ3) is 4.55. The Morgan fingerprint density at radius 1 is 1.11 bits per heavy atom. The van der Waals surface area contributed by atoms with Gasteiger partial charge in [-0.25, -0.2) is 14.8 Å². The quantitative estimate of drug-likeness (QED) is 0.731. The van der Waals surface area contributed by atoms with E-state index in [1.807, 2.05) is 42.2 Å². The fraction of sp³-hybridized carbons (Fsp3) is 0.286. The third-order valence-corrected chi connectivity index (χ3v) is 5.70. The predicted octanol–water partition coefficient (Wildman–Crippen LogP) is 3.86. The number of carbonyl (C=O) groups is 1. The van der Waals surface area contributed by atoms with Gasteiger partial charge in [-0.2, -0.15) is 0 Å². The molecule has 28 heavy (non-hydrogen) atoms. The van der Waals surface area contributed by atoms with E-state index in [2.05, 4.69) is 32.7 Å². The van der Waals surface area contributed by atoms with Crippen LogP contribution in [0.25, 0.3) is 10.6 Å². The molecule has 1 fully saturated rings. The molecule has 6 nitrogen and oxygen atoms in total. The fourth-order valence-electron chi connectivity index (χ4n) is 3.16. The smallest absolute Gasteiger partial charge is 0.322 e. The number of amides is 2. The molecule has 1 saturated heterocycles. The predicted molar refractivity (Wildman–Crippen MR) is 112 cm³/mol. The third-order valence-electron chi connectivity index (χ3n) is 4.76. The van der Waals surface area contributed by atoms with E-state index in [9.17, 15) is 4.79 Å². The van der Waals surface area contributed by atoms with Gasteiger partial charge in [-0.05, 0) is 18.6 Å². The number of hydrogen-bond donors (Lipinski definition) is 1. The summed E-state index contributed by atoms with van der Waals surface area (Å²) in [4.78, 5) is 25.6. The summed E-state index contributed by atoms with van der Waals surface area (Å²) in [5, 5.41) is 6.06. The number of benzene rings is 1. The Hall–Kier alpha value is -2.77. The lowest BCUT2D eigenvalue weighted by Crippen LogP contribution is -2.49. The zero-order chi connectivity index (χ0) is 19.3. The van der Waals surface area contributed by atoms with Gasteiger partial charge in [-0.3, -0.25) is 10.2 Å². The van der Waals surface area contributed by atoms with E-state index in [0.717, 1.165) is 41.5 Å². The van der Waals surface area contributed by atoms with Crippen molar-refractivity contribution < 1.29 is 4.79 Å². The van der Waals surface area contributed by atoms with E-state index in [1.54, 1.807) is 17.5 Å². The minimum Gasteiger partial charge on any atom is -0.322 e. The summed E-state index contributed by atoms with van der Waals surface area (Å²) in [5.74, 6) is 0.592. The first-order chi connectivity index (χ1) is 13.7. The lowest BCUT2D eigenvalue weighted by Gasteiger charge is -2.34. The second-order valence-electron chi connectivity index (χ2n) is 6.92. The average molecular weight is 394 g/mol. The molecule has 3 aromatic rings. The van der Waals surface area contributed by atoms with Gasteiger partial charge in [0.15, 0.2) is 0 Å². The molecular formula is C21H23N5OS. The van der Waals surface area contributed by atoms with Crippen molar-refractivity contribution in [3.63, 3.8) is 0 Å². The highest BCUT2D eigenvalue weighted by Crippen LogP contribution is 2.24. The first-order valence-electron chi connectivity index (χ1n) is 9.38. The van der Waals surface area contributed by atoms with Crippen molar-refractivity contribution in [2.24, 2.45) is 0 Å². The van der Waals surface area contributed by atoms with E-state index < -0.39 is 0 Å². The van der Waals surface area contributed by atoms with Crippen LogP contribution in [0.4, 0.5) is 10.6 Å². The van der Waals surface area contributed by atoms with E-state index in [4.69, 9.17) is 4.98 Å². The van der Waals surface area contributed by atoms with Crippen molar-refractivity contribution in [3.05, 3.63) is 65.3 Å². The van der Waals surface area contributed by atoms with Crippen LogP contribution in [-0.2, 0) is 6.54 Å². The number of urea groups is 1. The van der Waals surface area contributed by atoms with Crippen molar-refractivity contribution in [1.82, 2.24) is 19.8 Å². The summed E-state index contributed by atoms with van der Waals surface area (Å²) in [6.07, 6.45) is 1.76. The molecule has 0 atom stereocenters. The van der Waals surface area contributed by atoms with Crippen LogP contribution in [0.2, 0.25) is 0 Å². The number of piperazine rings is 1. The van der Waals surface area contributed by atoms with Crippen LogP contribution in [0.3, 0.4) is 0 Å². The van der Waals surface area contributed by atoms with Gasteiger partial charge >= 0.3 is 6.03 Å². The zero-order valence-corrected chi connectivity index (χ0v) is 16.7. The number of aryl methyl sites for hydroxylation is 1. The van der Waals surface area contributed by atoms with Gasteiger partial charge in [0, 0.05) is 49.9 Å². The van der Waals surface area contributed by atoms with Crippen molar-refractivity contribution in [3.8, 4) is 10.6 Å². The largest absolute Gasteiger partial charge is 0.323 e. The van der Waals surface area contributed by atoms with E-state index >= 15 is 0 Å². The molecule has 0 unspecified atom stereocenters. The maximum Gasteiger partial charge on any atom is 0.323 e. The SMILES string of the molecule is Cc1ccc(NC(=O)N2CCN(Cc3csc(-c4ccccc4)n3)CC2)nc1. The summed E-state index contributed by atoms with van der Waals surface area (Å²) < 4.78 is 0. The minimum absolute atomic E-state index is 0.0870. The van der Waals surface area contributed by atoms with Crippen LogP contribution in [0, 0.1) is 6.92 Å². The number of aromatic nitrogens is 2. The van der Waals surface area contributed by atoms with Gasteiger partial charge in [0.1, 0.15) is 10.8 Å². The lowest BCUT2D eigenvalue weighted by atomic mass is 10.2. The lowest BCUT2D eigenvalue weighted by molar-refractivity contribution is 0.142. The molecule has 1 aromatic carbocycles. The Morgan fingerprint density at radius 2 is 1.89 bits per heavy atom. The molecule has 2 amide bonds. The van der Waals surface area contributed by atoms with Crippen LogP contribution in [0.1, 0.15) is 11.3 Å². The number of hydrogen-bond acceptors (Lipinski definition) is 5. The zero-order valence-electron chi connectivity index (χ0n) is 15.8. The number of thiazole rings is 1. The number of nitrogens with one attached hydrogen (secondary N) is 1. The topological polar surface area (TPSA) is 61.4 Å². The average Bonchev–Trinajstić information content (AvgIpc) is 3.19. The summed E-state index contributed by atoms with van der Waals surface area (Å²) in [6, 6.07) is 13.9. The number of anilines is 1. The second kappa shape index (κ2) is 8.50. The molecule has 4 rings (SSSR count). The molecule has 0 radical (unpaired) electrons. The van der Waals surface area contributed by atoms with E-state index in [1.165, 1.54) is 0 Å². The number of nitrogens with zero attached hydrogens (tertiary/aromatic N) is 4. The highest BCUT2D eigenvalue weighted by atomic mass is 32.1. The molecular weight excluding hydrogens is 370 g/mol. The Balaban J connectivity index is 1.28. The standard InChI is InChI=1S/C21H23N5OS/c1-16-7-8-19(22-13-16)24-21(27)26-11-9-25(10-12-26)14-18-15-28-20(23-18)17-5-3-2-4-6-17/h2-8,13,15H,9-12,14H2,1H3,(H,22,24,27). The Morgan fingerprint density at radius 3 is 2.61 bits per heavy atom. The van der Waals surface area contributed by atoms with Gasteiger partial charge in [0.2, 0.25) is 0 Å². The fourth-order valence-corrected chi connectivity index (χ4v) is 3.98. The van der Waals surface area contributed by atoms with Gasteiger partial charge in [-0.15, -0.1) is 11.3 Å². The molecule has 3 heterocycles. The van der Waals surface area contributed by atoms with Crippen molar-refractivity contribution >= 4 is 23.2 Å². The van der Waals surface area contributed by atoms with E-state index in [0.29, 0.717) is 18.9 Å². The molecule has 2 aromatic heterocycles. The molecule has 0 aliphatic carbocycles. The first-order valence-corrected chi connectivity index (χ1v) is 10.3. The molecule has 144 valence electrons. The normalized spacial score (nSPS) is 14.8.